The van der Waals surface area contributed by atoms with Crippen LogP contribution < -0.4 is 0 Å². The van der Waals surface area contributed by atoms with Crippen LogP contribution >= 0.6 is 0 Å². The van der Waals surface area contributed by atoms with Gasteiger partial charge in [-0.15, -0.1) is 0 Å². The fourth-order valence-electron chi connectivity index (χ4n) is 2.52. The van der Waals surface area contributed by atoms with Crippen LogP contribution in [0, 0.1) is 17.0 Å². The Balaban J connectivity index is 2.54. The van der Waals surface area contributed by atoms with Gasteiger partial charge in [-0.2, -0.15) is 0 Å². The first kappa shape index (κ1) is 11.8. The van der Waals surface area contributed by atoms with Gasteiger partial charge in [0.25, 0.3) is 0 Å². The molecule has 0 heterocycles. The minimum Gasteiger partial charge on any atom is -0.291 e. The summed E-state index contributed by atoms with van der Waals surface area (Å²) in [4.78, 5) is 23.0. The van der Waals surface area contributed by atoms with Crippen LogP contribution in [0.2, 0.25) is 0 Å². The number of aryl methyl sites for hydroxylation is 1. The summed E-state index contributed by atoms with van der Waals surface area (Å²) in [6.45, 7) is 1.88. The Morgan fingerprint density at radius 1 is 1.35 bits per heavy atom. The second-order valence-corrected chi connectivity index (χ2v) is 4.62. The highest BCUT2D eigenvalue weighted by atomic mass is 16.6. The number of carbonyl (C=O) groups excluding carboxylic acids is 1. The van der Waals surface area contributed by atoms with Crippen molar-refractivity contribution in [3.05, 3.63) is 45.5 Å². The maximum absolute atomic E-state index is 12.0. The molecule has 0 aliphatic heterocycles. The van der Waals surface area contributed by atoms with E-state index < -0.39 is 10.5 Å². The SMILES string of the molecule is Cc1cccc(C2([N+](=O)[O-])CCCCC2=O)c1. The molecule has 90 valence electrons. The Hall–Kier alpha value is -1.71. The Morgan fingerprint density at radius 2 is 2.12 bits per heavy atom. The summed E-state index contributed by atoms with van der Waals surface area (Å²) in [6, 6.07) is 7.10. The van der Waals surface area contributed by atoms with E-state index in [-0.39, 0.29) is 5.78 Å². The van der Waals surface area contributed by atoms with Crippen LogP contribution in [0.4, 0.5) is 0 Å². The predicted molar refractivity (Wildman–Crippen MR) is 63.3 cm³/mol. The molecule has 1 unspecified atom stereocenters. The van der Waals surface area contributed by atoms with E-state index in [2.05, 4.69) is 0 Å². The summed E-state index contributed by atoms with van der Waals surface area (Å²) in [5.74, 6) is -0.251. The van der Waals surface area contributed by atoms with Crippen molar-refractivity contribution in [1.29, 1.82) is 0 Å². The maximum atomic E-state index is 12.0. The molecule has 0 N–H and O–H groups in total. The van der Waals surface area contributed by atoms with E-state index in [0.717, 1.165) is 18.4 Å². The van der Waals surface area contributed by atoms with Gasteiger partial charge in [-0.3, -0.25) is 14.9 Å². The lowest BCUT2D eigenvalue weighted by Gasteiger charge is -2.28. The molecule has 4 nitrogen and oxygen atoms in total. The highest BCUT2D eigenvalue weighted by molar-refractivity contribution is 5.89. The number of ketones is 1. The zero-order chi connectivity index (χ0) is 12.5. The molecule has 1 aromatic carbocycles. The van der Waals surface area contributed by atoms with Gasteiger partial charge in [0.1, 0.15) is 0 Å². The number of benzene rings is 1. The summed E-state index contributed by atoms with van der Waals surface area (Å²) in [6.07, 6.45) is 2.14. The first-order valence-electron chi connectivity index (χ1n) is 5.82. The van der Waals surface area contributed by atoms with Crippen LogP contribution in [0.1, 0.15) is 36.8 Å². The van der Waals surface area contributed by atoms with Crippen molar-refractivity contribution >= 4 is 5.78 Å². The number of Topliss-reactive ketones (excluding diaryl/α,β-unsaturated/α-hetero) is 1. The van der Waals surface area contributed by atoms with Crippen molar-refractivity contribution in [2.24, 2.45) is 0 Å². The quantitative estimate of drug-likeness (QED) is 0.582. The van der Waals surface area contributed by atoms with Gasteiger partial charge in [0.15, 0.2) is 0 Å². The summed E-state index contributed by atoms with van der Waals surface area (Å²) in [5.41, 5.74) is -0.0149. The van der Waals surface area contributed by atoms with Crippen molar-refractivity contribution in [2.75, 3.05) is 0 Å². The molecular weight excluding hydrogens is 218 g/mol. The molecule has 17 heavy (non-hydrogen) atoms. The van der Waals surface area contributed by atoms with Gasteiger partial charge in [0, 0.05) is 23.3 Å². The fourth-order valence-corrected chi connectivity index (χ4v) is 2.52. The monoisotopic (exact) mass is 233 g/mol. The third-order valence-corrected chi connectivity index (χ3v) is 3.46. The van der Waals surface area contributed by atoms with Crippen LogP contribution in [0.5, 0.6) is 0 Å². The van der Waals surface area contributed by atoms with Gasteiger partial charge in [-0.1, -0.05) is 23.8 Å². The average molecular weight is 233 g/mol. The van der Waals surface area contributed by atoms with Crippen molar-refractivity contribution < 1.29 is 9.72 Å². The lowest BCUT2D eigenvalue weighted by Crippen LogP contribution is -2.45. The minimum atomic E-state index is -1.50. The van der Waals surface area contributed by atoms with Gasteiger partial charge in [-0.25, -0.2) is 0 Å². The second kappa shape index (κ2) is 4.28. The molecule has 1 aliphatic rings. The highest BCUT2D eigenvalue weighted by Crippen LogP contribution is 2.37. The Labute approximate surface area is 99.8 Å². The zero-order valence-corrected chi connectivity index (χ0v) is 9.81. The van der Waals surface area contributed by atoms with Crippen LogP contribution in [0.25, 0.3) is 0 Å². The second-order valence-electron chi connectivity index (χ2n) is 4.62. The molecule has 1 aliphatic carbocycles. The predicted octanol–water partition coefficient (Wildman–Crippen LogP) is 2.61. The Kier molecular flexibility index (Phi) is 2.96. The molecule has 4 heteroatoms. The van der Waals surface area contributed by atoms with Gasteiger partial charge < -0.3 is 0 Å². The van der Waals surface area contributed by atoms with Gasteiger partial charge in [-0.05, 0) is 25.8 Å². The molecule has 0 bridgehead atoms. The highest BCUT2D eigenvalue weighted by Gasteiger charge is 2.52. The fraction of sp³-hybridized carbons (Fsp3) is 0.462. The number of nitro groups is 1. The van der Waals surface area contributed by atoms with E-state index in [4.69, 9.17) is 0 Å². The van der Waals surface area contributed by atoms with Crippen molar-refractivity contribution in [3.63, 3.8) is 0 Å². The molecule has 0 spiro atoms. The number of carbonyl (C=O) groups is 1. The number of rotatable bonds is 2. The summed E-state index contributed by atoms with van der Waals surface area (Å²) in [7, 11) is 0. The Bertz CT molecular complexity index is 469. The molecule has 0 radical (unpaired) electrons. The molecule has 2 rings (SSSR count). The summed E-state index contributed by atoms with van der Waals surface area (Å²) in [5, 5.41) is 11.4. The lowest BCUT2D eigenvalue weighted by molar-refractivity contribution is -0.563. The maximum Gasteiger partial charge on any atom is 0.304 e. The van der Waals surface area contributed by atoms with E-state index in [0.29, 0.717) is 18.4 Å². The number of hydrogen-bond donors (Lipinski definition) is 0. The molecule has 0 saturated heterocycles. The zero-order valence-electron chi connectivity index (χ0n) is 9.81. The molecule has 1 saturated carbocycles. The van der Waals surface area contributed by atoms with Gasteiger partial charge >= 0.3 is 5.54 Å². The smallest absolute Gasteiger partial charge is 0.291 e. The third-order valence-electron chi connectivity index (χ3n) is 3.46. The normalized spacial score (nSPS) is 24.6. The van der Waals surface area contributed by atoms with Crippen molar-refractivity contribution in [1.82, 2.24) is 0 Å². The van der Waals surface area contributed by atoms with E-state index >= 15 is 0 Å². The Morgan fingerprint density at radius 3 is 2.71 bits per heavy atom. The van der Waals surface area contributed by atoms with E-state index in [1.54, 1.807) is 18.2 Å². The molecule has 1 atom stereocenters. The van der Waals surface area contributed by atoms with Crippen LogP contribution in [-0.4, -0.2) is 10.7 Å². The molecular formula is C13H15NO3. The summed E-state index contributed by atoms with van der Waals surface area (Å²) >= 11 is 0. The van der Waals surface area contributed by atoms with Gasteiger partial charge in [0.2, 0.25) is 5.78 Å². The summed E-state index contributed by atoms with van der Waals surface area (Å²) < 4.78 is 0. The molecule has 0 amide bonds. The largest absolute Gasteiger partial charge is 0.304 e. The van der Waals surface area contributed by atoms with E-state index in [1.165, 1.54) is 0 Å². The van der Waals surface area contributed by atoms with Crippen LogP contribution in [0.3, 0.4) is 0 Å². The van der Waals surface area contributed by atoms with E-state index in [9.17, 15) is 14.9 Å². The standard InChI is InChI=1S/C13H15NO3/c1-10-5-4-6-11(9-10)13(14(16)17)8-3-2-7-12(13)15/h4-6,9H,2-3,7-8H2,1H3. The van der Waals surface area contributed by atoms with Gasteiger partial charge in [0.05, 0.1) is 0 Å². The molecule has 0 aromatic heterocycles. The first-order chi connectivity index (χ1) is 8.07. The van der Waals surface area contributed by atoms with Crippen LogP contribution in [0.15, 0.2) is 24.3 Å². The van der Waals surface area contributed by atoms with E-state index in [1.807, 2.05) is 13.0 Å². The first-order valence-corrected chi connectivity index (χ1v) is 5.82. The van der Waals surface area contributed by atoms with Crippen LogP contribution in [-0.2, 0) is 10.3 Å². The lowest BCUT2D eigenvalue weighted by atomic mass is 9.76. The van der Waals surface area contributed by atoms with Crippen molar-refractivity contribution in [3.8, 4) is 0 Å². The molecule has 1 aromatic rings. The minimum absolute atomic E-state index is 0.251. The third kappa shape index (κ3) is 1.84. The average Bonchev–Trinajstić information content (AvgIpc) is 2.29. The number of nitrogens with zero attached hydrogens (tertiary/aromatic N) is 1. The molecule has 1 fully saturated rings. The topological polar surface area (TPSA) is 60.2 Å². The number of hydrogen-bond acceptors (Lipinski definition) is 3. The van der Waals surface area contributed by atoms with Crippen molar-refractivity contribution in [2.45, 2.75) is 38.1 Å².